The van der Waals surface area contributed by atoms with Gasteiger partial charge in [0.2, 0.25) is 5.95 Å². The molecule has 2 aromatic heterocycles. The van der Waals surface area contributed by atoms with Crippen molar-refractivity contribution in [2.24, 2.45) is 0 Å². The fourth-order valence-corrected chi connectivity index (χ4v) is 3.96. The first-order valence-electron chi connectivity index (χ1n) is 11.7. The molecule has 0 unspecified atom stereocenters. The quantitative estimate of drug-likeness (QED) is 0.447. The highest BCUT2D eigenvalue weighted by Gasteiger charge is 2.33. The third kappa shape index (κ3) is 6.50. The number of ether oxygens (including phenoxy) is 1. The van der Waals surface area contributed by atoms with E-state index >= 15 is 0 Å². The Balaban J connectivity index is 1.59. The van der Waals surface area contributed by atoms with Crippen LogP contribution in [0.4, 0.5) is 29.6 Å². The van der Waals surface area contributed by atoms with Crippen molar-refractivity contribution < 1.29 is 22.7 Å². The van der Waals surface area contributed by atoms with Gasteiger partial charge in [0, 0.05) is 42.1 Å². The normalized spacial score (nSPS) is 15.0. The Bertz CT molecular complexity index is 1200. The van der Waals surface area contributed by atoms with Crippen molar-refractivity contribution >= 4 is 17.7 Å². The third-order valence-electron chi connectivity index (χ3n) is 5.69. The van der Waals surface area contributed by atoms with E-state index < -0.39 is 17.5 Å². The number of hydrogen-bond acceptors (Lipinski definition) is 6. The highest BCUT2D eigenvalue weighted by molar-refractivity contribution is 5.68. The lowest BCUT2D eigenvalue weighted by atomic mass is 9.92. The number of halogens is 3. The van der Waals surface area contributed by atoms with Gasteiger partial charge in [-0.1, -0.05) is 30.3 Å². The van der Waals surface area contributed by atoms with Crippen LogP contribution in [0.5, 0.6) is 0 Å². The summed E-state index contributed by atoms with van der Waals surface area (Å²) < 4.78 is 44.8. The average Bonchev–Trinajstić information content (AvgIpc) is 2.83. The van der Waals surface area contributed by atoms with E-state index in [0.29, 0.717) is 31.6 Å². The van der Waals surface area contributed by atoms with Gasteiger partial charge in [0.25, 0.3) is 0 Å². The molecule has 0 spiro atoms. The highest BCUT2D eigenvalue weighted by atomic mass is 19.4. The smallest absolute Gasteiger partial charge is 0.433 e. The molecule has 0 atom stereocenters. The molecule has 1 fully saturated rings. The number of carbonyl (C=O) groups is 1. The van der Waals surface area contributed by atoms with Crippen LogP contribution in [0, 0.1) is 0 Å². The number of likely N-dealkylation sites (tertiary alicyclic amines) is 1. The van der Waals surface area contributed by atoms with E-state index in [-0.39, 0.29) is 23.6 Å². The molecule has 1 N–H and O–H groups in total. The summed E-state index contributed by atoms with van der Waals surface area (Å²) in [4.78, 5) is 26.7. The minimum absolute atomic E-state index is 0.0536. The molecule has 0 aliphatic carbocycles. The van der Waals surface area contributed by atoms with Crippen LogP contribution in [-0.4, -0.2) is 44.6 Å². The fraction of sp³-hybridized carbons (Fsp3) is 0.385. The van der Waals surface area contributed by atoms with E-state index in [9.17, 15) is 18.0 Å². The molecular formula is C26H28F3N5O2. The van der Waals surface area contributed by atoms with Crippen molar-refractivity contribution in [1.82, 2.24) is 19.9 Å². The van der Waals surface area contributed by atoms with Gasteiger partial charge in [-0.3, -0.25) is 4.98 Å². The summed E-state index contributed by atoms with van der Waals surface area (Å²) in [6.45, 7) is 6.54. The standard InChI is InChI=1S/C26H28F3N5O2/c1-25(2,3)36-24(35)34-13-10-18(11-14-34)21-16-20(17-7-5-4-6-8-17)32-23(33-21)31-19-9-12-30-22(15-19)26(27,28)29/h4-9,12,15-16,18H,10-11,13-14H2,1-3H3,(H,30,31,32,33). The maximum atomic E-state index is 13.1. The van der Waals surface area contributed by atoms with Crippen molar-refractivity contribution in [1.29, 1.82) is 0 Å². The van der Waals surface area contributed by atoms with E-state index in [1.165, 1.54) is 6.07 Å². The predicted molar refractivity (Wildman–Crippen MR) is 130 cm³/mol. The summed E-state index contributed by atoms with van der Waals surface area (Å²) in [6.07, 6.45) is -2.44. The SMILES string of the molecule is CC(C)(C)OC(=O)N1CCC(c2cc(-c3ccccc3)nc(Nc3ccnc(C(F)(F)F)c3)n2)CC1. The van der Waals surface area contributed by atoms with Crippen molar-refractivity contribution in [3.63, 3.8) is 0 Å². The molecule has 1 amide bonds. The second kappa shape index (κ2) is 10.1. The second-order valence-corrected chi connectivity index (χ2v) is 9.66. The fourth-order valence-electron chi connectivity index (χ4n) is 3.96. The number of hydrogen-bond donors (Lipinski definition) is 1. The summed E-state index contributed by atoms with van der Waals surface area (Å²) >= 11 is 0. The van der Waals surface area contributed by atoms with Crippen LogP contribution in [0.3, 0.4) is 0 Å². The zero-order valence-corrected chi connectivity index (χ0v) is 20.3. The number of nitrogens with zero attached hydrogens (tertiary/aromatic N) is 4. The van der Waals surface area contributed by atoms with Gasteiger partial charge in [-0.25, -0.2) is 14.8 Å². The molecule has 10 heteroatoms. The summed E-state index contributed by atoms with van der Waals surface area (Å²) in [5.74, 6) is 0.248. The zero-order valence-electron chi connectivity index (χ0n) is 20.3. The Morgan fingerprint density at radius 1 is 1.03 bits per heavy atom. The van der Waals surface area contributed by atoms with Crippen LogP contribution in [0.1, 0.15) is 50.9 Å². The number of pyridine rings is 1. The first kappa shape index (κ1) is 25.4. The minimum atomic E-state index is -4.56. The van der Waals surface area contributed by atoms with Crippen molar-refractivity contribution in [3.8, 4) is 11.3 Å². The highest BCUT2D eigenvalue weighted by Crippen LogP contribution is 2.32. The van der Waals surface area contributed by atoms with Crippen molar-refractivity contribution in [2.75, 3.05) is 18.4 Å². The van der Waals surface area contributed by atoms with Gasteiger partial charge >= 0.3 is 12.3 Å². The first-order chi connectivity index (χ1) is 17.0. The molecule has 0 bridgehead atoms. The largest absolute Gasteiger partial charge is 0.444 e. The number of rotatable bonds is 4. The van der Waals surface area contributed by atoms with Gasteiger partial charge in [-0.15, -0.1) is 0 Å². The van der Waals surface area contributed by atoms with Gasteiger partial charge < -0.3 is 15.0 Å². The zero-order chi connectivity index (χ0) is 25.9. The van der Waals surface area contributed by atoms with Crippen LogP contribution in [-0.2, 0) is 10.9 Å². The molecular weight excluding hydrogens is 471 g/mol. The number of aromatic nitrogens is 3. The van der Waals surface area contributed by atoms with E-state index in [4.69, 9.17) is 4.74 Å². The number of benzene rings is 1. The number of piperidine rings is 1. The second-order valence-electron chi connectivity index (χ2n) is 9.66. The maximum absolute atomic E-state index is 13.1. The van der Waals surface area contributed by atoms with Crippen LogP contribution in [0.15, 0.2) is 54.7 Å². The molecule has 1 aliphatic heterocycles. The lowest BCUT2D eigenvalue weighted by molar-refractivity contribution is -0.141. The molecule has 3 aromatic rings. The molecule has 36 heavy (non-hydrogen) atoms. The molecule has 3 heterocycles. The Hall–Kier alpha value is -3.69. The lowest BCUT2D eigenvalue weighted by Crippen LogP contribution is -2.41. The van der Waals surface area contributed by atoms with Crippen LogP contribution >= 0.6 is 0 Å². The van der Waals surface area contributed by atoms with Crippen LogP contribution in [0.2, 0.25) is 0 Å². The van der Waals surface area contributed by atoms with Gasteiger partial charge in [0.05, 0.1) is 5.69 Å². The summed E-state index contributed by atoms with van der Waals surface area (Å²) in [6, 6.07) is 13.8. The van der Waals surface area contributed by atoms with Gasteiger partial charge in [0.15, 0.2) is 0 Å². The number of nitrogens with one attached hydrogen (secondary N) is 1. The van der Waals surface area contributed by atoms with Gasteiger partial charge in [0.1, 0.15) is 11.3 Å². The maximum Gasteiger partial charge on any atom is 0.433 e. The third-order valence-corrected chi connectivity index (χ3v) is 5.69. The van der Waals surface area contributed by atoms with Gasteiger partial charge in [-0.2, -0.15) is 13.2 Å². The number of amides is 1. The molecule has 0 saturated carbocycles. The van der Waals surface area contributed by atoms with E-state index in [0.717, 1.165) is 23.5 Å². The van der Waals surface area contributed by atoms with Crippen LogP contribution in [0.25, 0.3) is 11.3 Å². The number of carbonyl (C=O) groups excluding carboxylic acids is 1. The predicted octanol–water partition coefficient (Wildman–Crippen LogP) is 6.42. The summed E-state index contributed by atoms with van der Waals surface area (Å²) in [5, 5.41) is 2.91. The molecule has 1 saturated heterocycles. The Kier molecular flexibility index (Phi) is 7.14. The molecule has 190 valence electrons. The summed E-state index contributed by atoms with van der Waals surface area (Å²) in [7, 11) is 0. The first-order valence-corrected chi connectivity index (χ1v) is 11.7. The van der Waals surface area contributed by atoms with E-state index in [2.05, 4.69) is 20.3 Å². The lowest BCUT2D eigenvalue weighted by Gasteiger charge is -2.33. The topological polar surface area (TPSA) is 80.2 Å². The Labute approximate surface area is 207 Å². The average molecular weight is 500 g/mol. The number of alkyl halides is 3. The Morgan fingerprint density at radius 3 is 2.36 bits per heavy atom. The number of anilines is 2. The van der Waals surface area contributed by atoms with E-state index in [1.807, 2.05) is 57.2 Å². The molecule has 1 aromatic carbocycles. The monoisotopic (exact) mass is 499 g/mol. The Morgan fingerprint density at radius 2 is 1.72 bits per heavy atom. The molecule has 4 rings (SSSR count). The molecule has 1 aliphatic rings. The molecule has 0 radical (unpaired) electrons. The molecule has 7 nitrogen and oxygen atoms in total. The van der Waals surface area contributed by atoms with E-state index in [1.54, 1.807) is 4.90 Å². The minimum Gasteiger partial charge on any atom is -0.444 e. The summed E-state index contributed by atoms with van der Waals surface area (Å²) in [5.41, 5.74) is 0.906. The van der Waals surface area contributed by atoms with Crippen molar-refractivity contribution in [3.05, 3.63) is 66.1 Å². The van der Waals surface area contributed by atoms with Gasteiger partial charge in [-0.05, 0) is 51.8 Å². The van der Waals surface area contributed by atoms with Crippen molar-refractivity contribution in [2.45, 2.75) is 51.3 Å². The van der Waals surface area contributed by atoms with Crippen LogP contribution < -0.4 is 5.32 Å².